The number of allylic oxidation sites excluding steroid dienone is 1. The number of phenols is 1. The highest BCUT2D eigenvalue weighted by atomic mass is 16.5. The number of anilines is 2. The molecule has 2 aromatic heterocycles. The normalized spacial score (nSPS) is 20.7. The van der Waals surface area contributed by atoms with Crippen molar-refractivity contribution in [2.75, 3.05) is 76.2 Å². The molecule has 9 rings (SSSR count). The van der Waals surface area contributed by atoms with E-state index in [1.165, 1.54) is 93.3 Å². The van der Waals surface area contributed by atoms with Gasteiger partial charge in [-0.3, -0.25) is 4.79 Å². The number of pyridine rings is 1. The Morgan fingerprint density at radius 2 is 1.71 bits per heavy atom. The van der Waals surface area contributed by atoms with E-state index in [1.54, 1.807) is 24.3 Å². The first-order valence-corrected chi connectivity index (χ1v) is 22.9. The summed E-state index contributed by atoms with van der Waals surface area (Å²) in [6.07, 6.45) is 18.2. The molecule has 3 aliphatic heterocycles. The van der Waals surface area contributed by atoms with E-state index in [1.807, 2.05) is 19.3 Å². The minimum atomic E-state index is -0.120. The fraction of sp³-hybridized carbons (Fsp3) is 0.490. The number of nitrogens with two attached hydrogens (primary N) is 3. The van der Waals surface area contributed by atoms with Crippen LogP contribution in [0.25, 0.3) is 16.7 Å². The number of para-hydroxylation sites is 1. The molecule has 1 atom stereocenters. The molecule has 14 nitrogen and oxygen atoms in total. The first-order chi connectivity index (χ1) is 30.7. The Morgan fingerprint density at radius 1 is 0.968 bits per heavy atom. The molecule has 3 saturated heterocycles. The number of aromatic nitrogens is 2. The van der Waals surface area contributed by atoms with Crippen molar-refractivity contribution in [1.82, 2.24) is 24.7 Å². The van der Waals surface area contributed by atoms with E-state index < -0.39 is 0 Å². The minimum absolute atomic E-state index is 0.115. The third-order valence-electron chi connectivity index (χ3n) is 14.1. The van der Waals surface area contributed by atoms with Crippen LogP contribution in [0.5, 0.6) is 5.75 Å². The van der Waals surface area contributed by atoms with E-state index in [0.717, 1.165) is 42.5 Å². The number of aromatic hydroxyl groups is 1. The van der Waals surface area contributed by atoms with Crippen molar-refractivity contribution >= 4 is 40.8 Å². The van der Waals surface area contributed by atoms with Crippen LogP contribution in [-0.2, 0) is 14.3 Å². The third kappa shape index (κ3) is 10.2. The van der Waals surface area contributed by atoms with E-state index in [-0.39, 0.29) is 17.7 Å². The number of nitrogens with one attached hydrogen (secondary N) is 2. The number of carbonyl (C=O) groups excluding carboxylic acids is 2. The fourth-order valence-electron chi connectivity index (χ4n) is 10.3. The number of fused-ring (bicyclic) bond motifs is 1. The number of nitrogens with zero attached hydrogens (tertiary/aromatic N) is 5. The Morgan fingerprint density at radius 3 is 2.38 bits per heavy atom. The Bertz CT molecular complexity index is 2230. The van der Waals surface area contributed by atoms with Gasteiger partial charge in [0.1, 0.15) is 29.6 Å². The molecule has 5 heterocycles. The number of rotatable bonds is 14. The van der Waals surface area contributed by atoms with Gasteiger partial charge in [-0.05, 0) is 129 Å². The molecule has 14 heteroatoms. The van der Waals surface area contributed by atoms with Crippen LogP contribution >= 0.6 is 0 Å². The number of hydrogen-bond acceptors (Lipinski definition) is 12. The molecule has 5 fully saturated rings. The second kappa shape index (κ2) is 19.8. The van der Waals surface area contributed by atoms with Crippen molar-refractivity contribution < 1.29 is 19.4 Å². The lowest BCUT2D eigenvalue weighted by atomic mass is 9.60. The number of aldehydes is 1. The maximum absolute atomic E-state index is 10.3. The summed E-state index contributed by atoms with van der Waals surface area (Å²) in [7, 11) is 1.98. The molecule has 1 amide bonds. The van der Waals surface area contributed by atoms with Gasteiger partial charge in [-0.25, -0.2) is 4.98 Å². The van der Waals surface area contributed by atoms with Crippen LogP contribution in [0.2, 0.25) is 0 Å². The number of benzene rings is 2. The smallest absolute Gasteiger partial charge is 0.207 e. The number of ether oxygens (including phenoxy) is 1. The molecule has 2 saturated carbocycles. The van der Waals surface area contributed by atoms with Gasteiger partial charge in [0.2, 0.25) is 6.41 Å². The molecule has 5 aliphatic rings. The lowest BCUT2D eigenvalue weighted by Gasteiger charge is -2.53. The van der Waals surface area contributed by atoms with Gasteiger partial charge in [0.25, 0.3) is 0 Å². The number of carbonyl (C=O) groups is 2. The number of likely N-dealkylation sites (tertiary alicyclic amines) is 1. The van der Waals surface area contributed by atoms with Gasteiger partial charge < -0.3 is 61.7 Å². The number of piperidine rings is 2. The van der Waals surface area contributed by atoms with Gasteiger partial charge in [0.15, 0.2) is 0 Å². The van der Waals surface area contributed by atoms with Gasteiger partial charge in [-0.15, -0.1) is 0 Å². The van der Waals surface area contributed by atoms with E-state index in [2.05, 4.69) is 66.4 Å². The summed E-state index contributed by atoms with van der Waals surface area (Å²) in [5.41, 5.74) is 27.0. The molecule has 63 heavy (non-hydrogen) atoms. The predicted octanol–water partition coefficient (Wildman–Crippen LogP) is 5.78. The van der Waals surface area contributed by atoms with Crippen LogP contribution < -0.4 is 32.7 Å². The molecule has 1 spiro atoms. The van der Waals surface area contributed by atoms with Crippen LogP contribution in [0.1, 0.15) is 92.5 Å². The first-order valence-electron chi connectivity index (χ1n) is 22.9. The van der Waals surface area contributed by atoms with Crippen LogP contribution in [0.4, 0.5) is 11.4 Å². The van der Waals surface area contributed by atoms with Gasteiger partial charge in [0, 0.05) is 87.3 Å². The molecule has 1 unspecified atom stereocenters. The zero-order valence-electron chi connectivity index (χ0n) is 36.8. The van der Waals surface area contributed by atoms with Crippen LogP contribution in [0.3, 0.4) is 0 Å². The Balaban J connectivity index is 0.000000719. The second-order valence-corrected chi connectivity index (χ2v) is 18.3. The van der Waals surface area contributed by atoms with E-state index >= 15 is 0 Å². The largest absolute Gasteiger partial charge is 0.507 e. The van der Waals surface area contributed by atoms with Crippen molar-refractivity contribution in [3.63, 3.8) is 0 Å². The van der Waals surface area contributed by atoms with Gasteiger partial charge in [-0.2, -0.15) is 0 Å². The van der Waals surface area contributed by atoms with Crippen LogP contribution in [0, 0.1) is 11.3 Å². The monoisotopic (exact) mass is 859 g/mol. The summed E-state index contributed by atoms with van der Waals surface area (Å²) in [4.78, 5) is 31.3. The zero-order valence-corrected chi connectivity index (χ0v) is 36.8. The highest BCUT2D eigenvalue weighted by molar-refractivity contribution is 5.84. The Kier molecular flexibility index (Phi) is 13.8. The summed E-state index contributed by atoms with van der Waals surface area (Å²) in [5.74, 6) is 1.80. The summed E-state index contributed by atoms with van der Waals surface area (Å²) in [6.45, 7) is 8.16. The standard InChI is InChI=1S/C45H59N9O2.C4H7NO2/c1-49-33-22-37-38(31-6-7-31)28-54(44(37)50-26-33)35-24-45(25-35)14-18-51(19-15-45)27-30-12-16-52(17-13-30)34-10-8-32(9-11-34)42-29-53(20-21-56-42)40(43(47)48)23-39(46)36-4-2-3-5-41(36)55;6-3-1-2-5-4-7/h2-5,8-11,22-23,26,28,30-31,35,42,49,55H,6-7,12-21,24-25,27,29,46-48H2,1H3;3-4H,1-2H2,(H,5,7)/b39-23-;. The maximum atomic E-state index is 10.3. The molecular weight excluding hydrogens is 793 g/mol. The third-order valence-corrected chi connectivity index (χ3v) is 14.1. The fourth-order valence-corrected chi connectivity index (χ4v) is 10.3. The van der Waals surface area contributed by atoms with Gasteiger partial charge in [0.05, 0.1) is 24.2 Å². The predicted molar refractivity (Wildman–Crippen MR) is 250 cm³/mol. The summed E-state index contributed by atoms with van der Waals surface area (Å²) < 4.78 is 8.77. The van der Waals surface area contributed by atoms with Crippen LogP contribution in [-0.4, -0.2) is 103 Å². The average Bonchev–Trinajstić information content (AvgIpc) is 4.08. The minimum Gasteiger partial charge on any atom is -0.507 e. The molecule has 0 radical (unpaired) electrons. The summed E-state index contributed by atoms with van der Waals surface area (Å²) >= 11 is 0. The molecule has 2 aliphatic carbocycles. The Labute approximate surface area is 371 Å². The maximum Gasteiger partial charge on any atom is 0.207 e. The average molecular weight is 859 g/mol. The zero-order chi connectivity index (χ0) is 43.9. The van der Waals surface area contributed by atoms with Crippen molar-refractivity contribution in [3.8, 4) is 5.75 Å². The quantitative estimate of drug-likeness (QED) is 0.0510. The van der Waals surface area contributed by atoms with Gasteiger partial charge >= 0.3 is 0 Å². The van der Waals surface area contributed by atoms with E-state index in [9.17, 15) is 14.7 Å². The lowest BCUT2D eigenvalue weighted by molar-refractivity contribution is -0.110. The first kappa shape index (κ1) is 43.9. The molecule has 4 aromatic rings. The van der Waals surface area contributed by atoms with E-state index in [4.69, 9.17) is 26.9 Å². The van der Waals surface area contributed by atoms with Crippen molar-refractivity contribution in [1.29, 1.82) is 0 Å². The number of phenolic OH excluding ortho intramolecular Hbond substituents is 1. The van der Waals surface area contributed by atoms with Crippen molar-refractivity contribution in [2.24, 2.45) is 28.5 Å². The van der Waals surface area contributed by atoms with E-state index in [0.29, 0.717) is 67.5 Å². The number of hydrogen-bond donors (Lipinski definition) is 6. The number of amides is 1. The molecule has 9 N–H and O–H groups in total. The summed E-state index contributed by atoms with van der Waals surface area (Å²) in [6, 6.07) is 18.8. The molecule has 0 bridgehead atoms. The molecule has 336 valence electrons. The highest BCUT2D eigenvalue weighted by Gasteiger charge is 2.47. The van der Waals surface area contributed by atoms with Crippen LogP contribution in [0.15, 0.2) is 84.6 Å². The molecule has 2 aromatic carbocycles. The topological polar surface area (TPSA) is 193 Å². The number of morpholine rings is 1. The molecular formula is C49H66N10O4. The van der Waals surface area contributed by atoms with Crippen molar-refractivity contribution in [3.05, 3.63) is 101 Å². The highest BCUT2D eigenvalue weighted by Crippen LogP contribution is 2.56. The van der Waals surface area contributed by atoms with Crippen molar-refractivity contribution in [2.45, 2.75) is 75.9 Å². The SMILES string of the molecule is CNc1cnc2c(c1)c(C1CC1)cn2C1CC2(CCN(CC3CCN(c4ccc(C5CN(C(/C=C(\N)c6ccccc6O)=C(N)N)CCO5)cc4)CC3)CC2)C1.O=CCCNC=O. The Hall–Kier alpha value is -5.73. The lowest BCUT2D eigenvalue weighted by Crippen LogP contribution is -2.49. The van der Waals surface area contributed by atoms with Gasteiger partial charge in [-0.1, -0.05) is 24.3 Å². The summed E-state index contributed by atoms with van der Waals surface area (Å²) in [5, 5.41) is 17.3. The second-order valence-electron chi connectivity index (χ2n) is 18.3.